The van der Waals surface area contributed by atoms with E-state index in [1.807, 2.05) is 43.5 Å². The number of aromatic nitrogens is 3. The maximum atomic E-state index is 8.83. The highest BCUT2D eigenvalue weighted by molar-refractivity contribution is 7.15. The number of thiazole rings is 1. The Balaban J connectivity index is 1.68. The number of nitrogens with zero attached hydrogens (tertiary/aromatic N) is 3. The lowest BCUT2D eigenvalue weighted by Gasteiger charge is -2.06. The van der Waals surface area contributed by atoms with Crippen molar-refractivity contribution in [3.63, 3.8) is 0 Å². The molecule has 0 amide bonds. The molecule has 3 rings (SSSR count). The van der Waals surface area contributed by atoms with Crippen LogP contribution in [-0.2, 0) is 6.42 Å². The van der Waals surface area contributed by atoms with Crippen LogP contribution in [0.4, 0.5) is 11.6 Å². The predicted molar refractivity (Wildman–Crippen MR) is 102 cm³/mol. The highest BCUT2D eigenvalue weighted by Gasteiger charge is 2.07. The largest absolute Gasteiger partial charge is 0.396 e. The summed E-state index contributed by atoms with van der Waals surface area (Å²) in [5, 5.41) is 13.2. The molecule has 0 saturated heterocycles. The van der Waals surface area contributed by atoms with Crippen molar-refractivity contribution in [2.45, 2.75) is 32.6 Å². The zero-order valence-corrected chi connectivity index (χ0v) is 15.1. The number of hydrogen-bond acceptors (Lipinski definition) is 6. The van der Waals surface area contributed by atoms with Gasteiger partial charge in [0.1, 0.15) is 11.6 Å². The molecule has 0 spiro atoms. The number of pyridine rings is 2. The molecule has 0 atom stereocenters. The standard InChI is InChI=1S/C19H22N4OS/c1-14-9-10-20-18(12-14)23-17-7-5-6-15(22-17)16-13-21-19(25-16)8-3-2-4-11-24/h5-7,9-10,12-13,24H,2-4,8,11H2,1H3,(H,20,22,23). The third-order valence-corrected chi connectivity index (χ3v) is 4.86. The van der Waals surface area contributed by atoms with Crippen molar-refractivity contribution < 1.29 is 5.11 Å². The van der Waals surface area contributed by atoms with Gasteiger partial charge in [-0.1, -0.05) is 12.5 Å². The number of hydrogen-bond donors (Lipinski definition) is 2. The fourth-order valence-electron chi connectivity index (χ4n) is 2.49. The molecule has 0 aliphatic heterocycles. The molecule has 0 aliphatic carbocycles. The lowest BCUT2D eigenvalue weighted by Crippen LogP contribution is -1.96. The van der Waals surface area contributed by atoms with E-state index in [0.29, 0.717) is 0 Å². The van der Waals surface area contributed by atoms with Crippen molar-refractivity contribution in [2.24, 2.45) is 0 Å². The number of anilines is 2. The first-order valence-electron chi connectivity index (χ1n) is 8.47. The van der Waals surface area contributed by atoms with Crippen LogP contribution in [0.2, 0.25) is 0 Å². The average molecular weight is 354 g/mol. The van der Waals surface area contributed by atoms with Crippen LogP contribution in [-0.4, -0.2) is 26.7 Å². The van der Waals surface area contributed by atoms with Crippen molar-refractivity contribution in [2.75, 3.05) is 11.9 Å². The molecule has 130 valence electrons. The van der Waals surface area contributed by atoms with Crippen molar-refractivity contribution in [1.29, 1.82) is 0 Å². The van der Waals surface area contributed by atoms with Gasteiger partial charge in [0.25, 0.3) is 0 Å². The minimum atomic E-state index is 0.266. The normalized spacial score (nSPS) is 10.8. The summed E-state index contributed by atoms with van der Waals surface area (Å²) in [5.41, 5.74) is 2.07. The van der Waals surface area contributed by atoms with Gasteiger partial charge in [-0.05, 0) is 56.0 Å². The molecule has 0 fully saturated rings. The van der Waals surface area contributed by atoms with Gasteiger partial charge in [-0.2, -0.15) is 0 Å². The summed E-state index contributed by atoms with van der Waals surface area (Å²) in [6, 6.07) is 9.88. The summed E-state index contributed by atoms with van der Waals surface area (Å²) < 4.78 is 0. The first kappa shape index (κ1) is 17.5. The fourth-order valence-corrected chi connectivity index (χ4v) is 3.42. The molecule has 5 nitrogen and oxygen atoms in total. The second kappa shape index (κ2) is 8.69. The maximum absolute atomic E-state index is 8.83. The Bertz CT molecular complexity index is 818. The number of aliphatic hydroxyl groups excluding tert-OH is 1. The summed E-state index contributed by atoms with van der Waals surface area (Å²) in [7, 11) is 0. The minimum absolute atomic E-state index is 0.266. The molecule has 0 bridgehead atoms. The quantitative estimate of drug-likeness (QED) is 0.588. The van der Waals surface area contributed by atoms with Gasteiger partial charge in [-0.15, -0.1) is 11.3 Å². The summed E-state index contributed by atoms with van der Waals surface area (Å²) in [6.45, 7) is 2.30. The Morgan fingerprint density at radius 3 is 2.84 bits per heavy atom. The Morgan fingerprint density at radius 1 is 1.08 bits per heavy atom. The first-order valence-corrected chi connectivity index (χ1v) is 9.29. The van der Waals surface area contributed by atoms with Crippen LogP contribution in [0, 0.1) is 6.92 Å². The number of unbranched alkanes of at least 4 members (excludes halogenated alkanes) is 2. The zero-order valence-electron chi connectivity index (χ0n) is 14.3. The SMILES string of the molecule is Cc1ccnc(Nc2cccc(-c3cnc(CCCCCO)s3)n2)c1. The Labute approximate surface area is 151 Å². The van der Waals surface area contributed by atoms with E-state index >= 15 is 0 Å². The van der Waals surface area contributed by atoms with E-state index in [1.54, 1.807) is 17.5 Å². The molecule has 0 radical (unpaired) electrons. The van der Waals surface area contributed by atoms with E-state index in [4.69, 9.17) is 5.11 Å². The number of rotatable bonds is 8. The van der Waals surface area contributed by atoms with Gasteiger partial charge < -0.3 is 10.4 Å². The van der Waals surface area contributed by atoms with Crippen LogP contribution in [0.3, 0.4) is 0 Å². The summed E-state index contributed by atoms with van der Waals surface area (Å²) >= 11 is 1.68. The number of aliphatic hydroxyl groups is 1. The molecule has 3 heterocycles. The molecule has 0 aromatic carbocycles. The smallest absolute Gasteiger partial charge is 0.132 e. The van der Waals surface area contributed by atoms with Gasteiger partial charge in [0, 0.05) is 19.0 Å². The maximum Gasteiger partial charge on any atom is 0.132 e. The second-order valence-corrected chi connectivity index (χ2v) is 7.02. The molecule has 0 saturated carbocycles. The van der Waals surface area contributed by atoms with Crippen LogP contribution >= 0.6 is 11.3 Å². The number of nitrogens with one attached hydrogen (secondary N) is 1. The van der Waals surface area contributed by atoms with Crippen molar-refractivity contribution in [1.82, 2.24) is 15.0 Å². The highest BCUT2D eigenvalue weighted by atomic mass is 32.1. The fraction of sp³-hybridized carbons (Fsp3) is 0.316. The first-order chi connectivity index (χ1) is 12.2. The van der Waals surface area contributed by atoms with Crippen LogP contribution in [0.5, 0.6) is 0 Å². The molecule has 6 heteroatoms. The minimum Gasteiger partial charge on any atom is -0.396 e. The van der Waals surface area contributed by atoms with Gasteiger partial charge in [0.2, 0.25) is 0 Å². The average Bonchev–Trinajstić information content (AvgIpc) is 3.08. The van der Waals surface area contributed by atoms with E-state index in [2.05, 4.69) is 20.3 Å². The van der Waals surface area contributed by atoms with Gasteiger partial charge in [-0.3, -0.25) is 0 Å². The molecule has 3 aromatic rings. The molecule has 3 aromatic heterocycles. The monoisotopic (exact) mass is 354 g/mol. The summed E-state index contributed by atoms with van der Waals surface area (Å²) in [6.07, 6.45) is 7.58. The van der Waals surface area contributed by atoms with E-state index in [1.165, 1.54) is 0 Å². The lowest BCUT2D eigenvalue weighted by atomic mass is 10.2. The molecular weight excluding hydrogens is 332 g/mol. The Hall–Kier alpha value is -2.31. The second-order valence-electron chi connectivity index (χ2n) is 5.90. The van der Waals surface area contributed by atoms with E-state index in [-0.39, 0.29) is 6.61 Å². The van der Waals surface area contributed by atoms with Crippen LogP contribution in [0.1, 0.15) is 29.8 Å². The van der Waals surface area contributed by atoms with E-state index in [0.717, 1.165) is 58.5 Å². The molecular formula is C19H22N4OS. The third-order valence-electron chi connectivity index (χ3n) is 3.78. The van der Waals surface area contributed by atoms with E-state index in [9.17, 15) is 0 Å². The number of aryl methyl sites for hydroxylation is 2. The van der Waals surface area contributed by atoms with Gasteiger partial charge in [0.15, 0.2) is 0 Å². The molecule has 2 N–H and O–H groups in total. The molecule has 0 aliphatic rings. The van der Waals surface area contributed by atoms with Crippen molar-refractivity contribution in [3.05, 3.63) is 53.3 Å². The molecule has 0 unspecified atom stereocenters. The summed E-state index contributed by atoms with van der Waals surface area (Å²) in [4.78, 5) is 14.6. The van der Waals surface area contributed by atoms with E-state index < -0.39 is 0 Å². The van der Waals surface area contributed by atoms with Crippen LogP contribution in [0.25, 0.3) is 10.6 Å². The van der Waals surface area contributed by atoms with Gasteiger partial charge >= 0.3 is 0 Å². The van der Waals surface area contributed by atoms with Crippen molar-refractivity contribution >= 4 is 23.0 Å². The Morgan fingerprint density at radius 2 is 2.00 bits per heavy atom. The zero-order chi connectivity index (χ0) is 17.5. The third kappa shape index (κ3) is 5.08. The topological polar surface area (TPSA) is 70.9 Å². The van der Waals surface area contributed by atoms with Gasteiger partial charge in [-0.25, -0.2) is 15.0 Å². The Kier molecular flexibility index (Phi) is 6.09. The highest BCUT2D eigenvalue weighted by Crippen LogP contribution is 2.27. The van der Waals surface area contributed by atoms with Gasteiger partial charge in [0.05, 0.1) is 15.6 Å². The molecule has 25 heavy (non-hydrogen) atoms. The van der Waals surface area contributed by atoms with Crippen LogP contribution in [0.15, 0.2) is 42.7 Å². The lowest BCUT2D eigenvalue weighted by molar-refractivity contribution is 0.283. The predicted octanol–water partition coefficient (Wildman–Crippen LogP) is 4.36. The summed E-state index contributed by atoms with van der Waals surface area (Å²) in [5.74, 6) is 1.56. The van der Waals surface area contributed by atoms with Crippen LogP contribution < -0.4 is 5.32 Å². The van der Waals surface area contributed by atoms with Crippen molar-refractivity contribution in [3.8, 4) is 10.6 Å².